The molecule has 0 saturated carbocycles. The largest absolute Gasteiger partial charge is 0.508 e. The lowest BCUT2D eigenvalue weighted by molar-refractivity contribution is 0.142. The Kier molecular flexibility index (Phi) is 4.98. The average molecular weight is 339 g/mol. The summed E-state index contributed by atoms with van der Waals surface area (Å²) in [6.45, 7) is 5.47. The maximum atomic E-state index is 11.5. The zero-order valence-electron chi connectivity index (χ0n) is 14.8. The molecule has 2 N–H and O–H groups in total. The Hall–Kier alpha value is -2.49. The maximum absolute atomic E-state index is 11.5. The Morgan fingerprint density at radius 3 is 2.48 bits per heavy atom. The molecular formula is C21H25NO3. The van der Waals surface area contributed by atoms with Crippen molar-refractivity contribution in [2.75, 3.05) is 13.1 Å². The van der Waals surface area contributed by atoms with E-state index in [-0.39, 0.29) is 11.7 Å². The van der Waals surface area contributed by atoms with Crippen LogP contribution in [0.25, 0.3) is 11.1 Å². The van der Waals surface area contributed by atoms with Gasteiger partial charge in [-0.25, -0.2) is 4.79 Å². The van der Waals surface area contributed by atoms with Crippen molar-refractivity contribution in [3.63, 3.8) is 0 Å². The average Bonchev–Trinajstić information content (AvgIpc) is 2.74. The number of fused-ring (bicyclic) bond motifs is 1. The fourth-order valence-electron chi connectivity index (χ4n) is 3.71. The van der Waals surface area contributed by atoms with Crippen LogP contribution in [0.3, 0.4) is 0 Å². The standard InChI is InChI=1S/C21H25NO3/c1-14(2)11-18-13-22(21(24)25)10-9-17-12-16(5-8-20(17)18)15-3-6-19(23)7-4-15/h3-8,12,14,18,23H,9-11,13H2,1-2H3,(H,24,25). The smallest absolute Gasteiger partial charge is 0.407 e. The highest BCUT2D eigenvalue weighted by Gasteiger charge is 2.26. The van der Waals surface area contributed by atoms with Crippen molar-refractivity contribution in [3.8, 4) is 16.9 Å². The number of nitrogens with zero attached hydrogens (tertiary/aromatic N) is 1. The van der Waals surface area contributed by atoms with Crippen molar-refractivity contribution < 1.29 is 15.0 Å². The number of carbonyl (C=O) groups is 1. The number of phenolic OH excluding ortho intramolecular Hbond substituents is 1. The second-order valence-corrected chi connectivity index (χ2v) is 7.27. The molecule has 1 amide bonds. The molecule has 0 aliphatic carbocycles. The highest BCUT2D eigenvalue weighted by Crippen LogP contribution is 2.33. The van der Waals surface area contributed by atoms with E-state index >= 15 is 0 Å². The first kappa shape index (κ1) is 17.3. The van der Waals surface area contributed by atoms with E-state index in [9.17, 15) is 15.0 Å². The first-order valence-electron chi connectivity index (χ1n) is 8.84. The minimum atomic E-state index is -0.833. The molecule has 25 heavy (non-hydrogen) atoms. The van der Waals surface area contributed by atoms with Gasteiger partial charge in [-0.1, -0.05) is 44.2 Å². The van der Waals surface area contributed by atoms with Gasteiger partial charge in [0.15, 0.2) is 0 Å². The molecular weight excluding hydrogens is 314 g/mol. The van der Waals surface area contributed by atoms with E-state index in [0.717, 1.165) is 24.0 Å². The Bertz CT molecular complexity index is 752. The molecule has 1 aliphatic heterocycles. The van der Waals surface area contributed by atoms with Crippen molar-refractivity contribution in [2.45, 2.75) is 32.6 Å². The number of hydrogen-bond donors (Lipinski definition) is 2. The number of aromatic hydroxyl groups is 1. The van der Waals surface area contributed by atoms with Crippen molar-refractivity contribution >= 4 is 6.09 Å². The molecule has 1 atom stereocenters. The van der Waals surface area contributed by atoms with Crippen LogP contribution < -0.4 is 0 Å². The molecule has 132 valence electrons. The van der Waals surface area contributed by atoms with Gasteiger partial charge in [-0.3, -0.25) is 0 Å². The van der Waals surface area contributed by atoms with Crippen LogP contribution in [0.15, 0.2) is 42.5 Å². The summed E-state index contributed by atoms with van der Waals surface area (Å²) in [5.41, 5.74) is 4.67. The maximum Gasteiger partial charge on any atom is 0.407 e. The molecule has 1 unspecified atom stereocenters. The van der Waals surface area contributed by atoms with Gasteiger partial charge in [-0.05, 0) is 53.1 Å². The lowest BCUT2D eigenvalue weighted by atomic mass is 9.86. The van der Waals surface area contributed by atoms with Crippen molar-refractivity contribution in [1.82, 2.24) is 4.90 Å². The summed E-state index contributed by atoms with van der Waals surface area (Å²) in [6.07, 6.45) is 0.887. The third-order valence-corrected chi connectivity index (χ3v) is 4.90. The van der Waals surface area contributed by atoms with Crippen molar-refractivity contribution in [3.05, 3.63) is 53.6 Å². The third-order valence-electron chi connectivity index (χ3n) is 4.90. The molecule has 0 spiro atoms. The lowest BCUT2D eigenvalue weighted by Gasteiger charge is -2.24. The van der Waals surface area contributed by atoms with Crippen molar-refractivity contribution in [2.24, 2.45) is 5.92 Å². The van der Waals surface area contributed by atoms with Crippen LogP contribution in [-0.4, -0.2) is 34.3 Å². The minimum absolute atomic E-state index is 0.238. The summed E-state index contributed by atoms with van der Waals surface area (Å²) in [6, 6.07) is 13.6. The SMILES string of the molecule is CC(C)CC1CN(C(=O)O)CCc2cc(-c3ccc(O)cc3)ccc21. The van der Waals surface area contributed by atoms with E-state index < -0.39 is 6.09 Å². The Balaban J connectivity index is 1.97. The third kappa shape index (κ3) is 3.95. The summed E-state index contributed by atoms with van der Waals surface area (Å²) in [4.78, 5) is 13.1. The van der Waals surface area contributed by atoms with Gasteiger partial charge in [0.25, 0.3) is 0 Å². The van der Waals surface area contributed by atoms with Gasteiger partial charge in [-0.2, -0.15) is 0 Å². The molecule has 3 rings (SSSR count). The predicted octanol–water partition coefficient (Wildman–Crippen LogP) is 4.73. The number of phenols is 1. The quantitative estimate of drug-likeness (QED) is 0.850. The van der Waals surface area contributed by atoms with Crippen LogP contribution >= 0.6 is 0 Å². The van der Waals surface area contributed by atoms with Crippen LogP contribution in [-0.2, 0) is 6.42 Å². The van der Waals surface area contributed by atoms with Gasteiger partial charge in [0.05, 0.1) is 0 Å². The zero-order valence-corrected chi connectivity index (χ0v) is 14.8. The van der Waals surface area contributed by atoms with Gasteiger partial charge in [0.1, 0.15) is 5.75 Å². The van der Waals surface area contributed by atoms with Crippen LogP contribution in [0.2, 0.25) is 0 Å². The van der Waals surface area contributed by atoms with E-state index in [1.54, 1.807) is 17.0 Å². The molecule has 1 heterocycles. The van der Waals surface area contributed by atoms with Crippen LogP contribution in [0.1, 0.15) is 37.3 Å². The number of hydrogen-bond acceptors (Lipinski definition) is 2. The first-order valence-corrected chi connectivity index (χ1v) is 8.84. The van der Waals surface area contributed by atoms with E-state index in [1.807, 2.05) is 12.1 Å². The summed E-state index contributed by atoms with van der Waals surface area (Å²) < 4.78 is 0. The van der Waals surface area contributed by atoms with Crippen molar-refractivity contribution in [1.29, 1.82) is 0 Å². The fourth-order valence-corrected chi connectivity index (χ4v) is 3.71. The number of rotatable bonds is 3. The number of carboxylic acid groups (broad SMARTS) is 1. The van der Waals surface area contributed by atoms with Gasteiger partial charge in [0, 0.05) is 19.0 Å². The second kappa shape index (κ2) is 7.18. The minimum Gasteiger partial charge on any atom is -0.508 e. The first-order chi connectivity index (χ1) is 11.9. The van der Waals surface area contributed by atoms with Gasteiger partial charge in [0.2, 0.25) is 0 Å². The topological polar surface area (TPSA) is 60.8 Å². The molecule has 4 nitrogen and oxygen atoms in total. The van der Waals surface area contributed by atoms with Gasteiger partial charge >= 0.3 is 6.09 Å². The van der Waals surface area contributed by atoms with Crippen LogP contribution in [0.4, 0.5) is 4.79 Å². The molecule has 4 heteroatoms. The van der Waals surface area contributed by atoms with E-state index in [4.69, 9.17) is 0 Å². The molecule has 2 aromatic carbocycles. The van der Waals surface area contributed by atoms with E-state index in [1.165, 1.54) is 11.1 Å². The molecule has 0 saturated heterocycles. The lowest BCUT2D eigenvalue weighted by Crippen LogP contribution is -2.33. The number of amides is 1. The fraction of sp³-hybridized carbons (Fsp3) is 0.381. The van der Waals surface area contributed by atoms with Crippen LogP contribution in [0.5, 0.6) is 5.75 Å². The number of benzene rings is 2. The highest BCUT2D eigenvalue weighted by molar-refractivity contribution is 5.67. The molecule has 0 aromatic heterocycles. The highest BCUT2D eigenvalue weighted by atomic mass is 16.4. The van der Waals surface area contributed by atoms with Gasteiger partial charge < -0.3 is 15.1 Å². The summed E-state index contributed by atoms with van der Waals surface area (Å²) in [5.74, 6) is 1.01. The monoisotopic (exact) mass is 339 g/mol. The zero-order chi connectivity index (χ0) is 18.0. The summed E-state index contributed by atoms with van der Waals surface area (Å²) in [7, 11) is 0. The Labute approximate surface area is 148 Å². The van der Waals surface area contributed by atoms with Crippen LogP contribution in [0, 0.1) is 5.92 Å². The Morgan fingerprint density at radius 2 is 1.84 bits per heavy atom. The molecule has 0 radical (unpaired) electrons. The predicted molar refractivity (Wildman–Crippen MR) is 99.0 cm³/mol. The normalized spacial score (nSPS) is 17.2. The van der Waals surface area contributed by atoms with Gasteiger partial charge in [-0.15, -0.1) is 0 Å². The molecule has 2 aromatic rings. The molecule has 0 bridgehead atoms. The second-order valence-electron chi connectivity index (χ2n) is 7.27. The summed E-state index contributed by atoms with van der Waals surface area (Å²) in [5, 5.41) is 18.9. The van der Waals surface area contributed by atoms with E-state index in [2.05, 4.69) is 32.0 Å². The summed E-state index contributed by atoms with van der Waals surface area (Å²) >= 11 is 0. The Morgan fingerprint density at radius 1 is 1.16 bits per heavy atom. The van der Waals surface area contributed by atoms with E-state index in [0.29, 0.717) is 19.0 Å². The molecule has 0 fully saturated rings. The molecule has 1 aliphatic rings.